The van der Waals surface area contributed by atoms with Crippen LogP contribution in [-0.4, -0.2) is 45.5 Å². The minimum absolute atomic E-state index is 0.136. The molecule has 0 radical (unpaired) electrons. The molecule has 1 aromatic carbocycles. The van der Waals surface area contributed by atoms with Gasteiger partial charge in [0.1, 0.15) is 11.8 Å². The highest BCUT2D eigenvalue weighted by molar-refractivity contribution is 7.89. The molecule has 7 heteroatoms. The van der Waals surface area contributed by atoms with E-state index < -0.39 is 16.1 Å². The Kier molecular flexibility index (Phi) is 6.46. The van der Waals surface area contributed by atoms with E-state index in [1.54, 1.807) is 31.1 Å². The molecule has 0 spiro atoms. The van der Waals surface area contributed by atoms with Crippen LogP contribution in [-0.2, 0) is 14.8 Å². The van der Waals surface area contributed by atoms with Crippen molar-refractivity contribution in [1.29, 1.82) is 0 Å². The molecule has 0 bridgehead atoms. The zero-order valence-electron chi connectivity index (χ0n) is 15.4. The van der Waals surface area contributed by atoms with Crippen LogP contribution in [0, 0.1) is 12.8 Å². The number of likely N-dealkylation sites (tertiary alicyclic amines) is 1. The van der Waals surface area contributed by atoms with E-state index in [0.717, 1.165) is 24.8 Å². The minimum Gasteiger partial charge on any atom is -0.496 e. The second kappa shape index (κ2) is 8.19. The molecule has 1 N–H and O–H groups in total. The first-order valence-corrected chi connectivity index (χ1v) is 10.2. The number of ether oxygens (including phenoxy) is 1. The molecule has 6 nitrogen and oxygen atoms in total. The Hall–Kier alpha value is -1.60. The number of rotatable bonds is 6. The van der Waals surface area contributed by atoms with E-state index in [1.807, 2.05) is 13.8 Å². The van der Waals surface area contributed by atoms with Gasteiger partial charge in [-0.3, -0.25) is 4.79 Å². The van der Waals surface area contributed by atoms with Crippen molar-refractivity contribution < 1.29 is 17.9 Å². The van der Waals surface area contributed by atoms with Crippen molar-refractivity contribution in [3.05, 3.63) is 23.8 Å². The highest BCUT2D eigenvalue weighted by Gasteiger charge is 2.32. The Labute approximate surface area is 150 Å². The molecule has 2 rings (SSSR count). The van der Waals surface area contributed by atoms with Crippen molar-refractivity contribution in [2.24, 2.45) is 5.92 Å². The molecule has 1 amide bonds. The number of sulfonamides is 1. The van der Waals surface area contributed by atoms with Crippen molar-refractivity contribution >= 4 is 15.9 Å². The van der Waals surface area contributed by atoms with Crippen LogP contribution in [0.4, 0.5) is 0 Å². The van der Waals surface area contributed by atoms with Gasteiger partial charge in [0.2, 0.25) is 15.9 Å². The highest BCUT2D eigenvalue weighted by Crippen LogP contribution is 2.22. The summed E-state index contributed by atoms with van der Waals surface area (Å²) in [6.07, 6.45) is 3.06. The van der Waals surface area contributed by atoms with Crippen molar-refractivity contribution in [2.45, 2.75) is 51.0 Å². The van der Waals surface area contributed by atoms with Crippen LogP contribution >= 0.6 is 0 Å². The van der Waals surface area contributed by atoms with Gasteiger partial charge >= 0.3 is 0 Å². The molecular formula is C18H28N2O4S. The monoisotopic (exact) mass is 368 g/mol. The zero-order valence-corrected chi connectivity index (χ0v) is 16.2. The Balaban J connectivity index is 2.22. The maximum absolute atomic E-state index is 12.8. The number of hydrogen-bond acceptors (Lipinski definition) is 4. The first-order chi connectivity index (χ1) is 11.8. The molecular weight excluding hydrogens is 340 g/mol. The lowest BCUT2D eigenvalue weighted by Gasteiger charge is -2.32. The van der Waals surface area contributed by atoms with Gasteiger partial charge in [0, 0.05) is 13.1 Å². The second-order valence-electron chi connectivity index (χ2n) is 6.86. The molecule has 1 aromatic rings. The van der Waals surface area contributed by atoms with Gasteiger partial charge in [-0.25, -0.2) is 8.42 Å². The fourth-order valence-electron chi connectivity index (χ4n) is 3.04. The molecule has 1 heterocycles. The average molecular weight is 368 g/mol. The van der Waals surface area contributed by atoms with Crippen LogP contribution in [0.1, 0.15) is 38.7 Å². The van der Waals surface area contributed by atoms with Crippen LogP contribution in [0.15, 0.2) is 23.1 Å². The summed E-state index contributed by atoms with van der Waals surface area (Å²) >= 11 is 0. The van der Waals surface area contributed by atoms with Gasteiger partial charge in [0.25, 0.3) is 0 Å². The molecule has 1 aliphatic rings. The SMILES string of the molecule is COc1ccc(S(=O)(=O)N[C@H](C(=O)N2CCCCC2)C(C)C)cc1C. The number of piperidine rings is 1. The van der Waals surface area contributed by atoms with Crippen LogP contribution in [0.2, 0.25) is 0 Å². The third-order valence-electron chi connectivity index (χ3n) is 4.56. The summed E-state index contributed by atoms with van der Waals surface area (Å²) < 4.78 is 33.3. The van der Waals surface area contributed by atoms with Crippen molar-refractivity contribution in [1.82, 2.24) is 9.62 Å². The number of carbonyl (C=O) groups excluding carboxylic acids is 1. The first kappa shape index (κ1) is 19.7. The van der Waals surface area contributed by atoms with Gasteiger partial charge in [-0.05, 0) is 55.9 Å². The average Bonchev–Trinajstić information content (AvgIpc) is 2.59. The van der Waals surface area contributed by atoms with Gasteiger partial charge in [0.05, 0.1) is 12.0 Å². The maximum atomic E-state index is 12.8. The number of nitrogens with zero attached hydrogens (tertiary/aromatic N) is 1. The summed E-state index contributed by atoms with van der Waals surface area (Å²) in [5.41, 5.74) is 0.730. The van der Waals surface area contributed by atoms with E-state index in [9.17, 15) is 13.2 Å². The molecule has 1 atom stereocenters. The van der Waals surface area contributed by atoms with E-state index in [2.05, 4.69) is 4.72 Å². The molecule has 1 saturated heterocycles. The molecule has 1 fully saturated rings. The Morgan fingerprint density at radius 1 is 1.20 bits per heavy atom. The molecule has 0 unspecified atom stereocenters. The number of benzene rings is 1. The number of aryl methyl sites for hydroxylation is 1. The number of methoxy groups -OCH3 is 1. The van der Waals surface area contributed by atoms with Crippen LogP contribution < -0.4 is 9.46 Å². The van der Waals surface area contributed by atoms with Crippen molar-refractivity contribution in [3.8, 4) is 5.75 Å². The summed E-state index contributed by atoms with van der Waals surface area (Å²) in [6.45, 7) is 6.90. The number of carbonyl (C=O) groups is 1. The van der Waals surface area contributed by atoms with Gasteiger partial charge < -0.3 is 9.64 Å². The van der Waals surface area contributed by atoms with E-state index in [4.69, 9.17) is 4.74 Å². The Morgan fingerprint density at radius 2 is 1.84 bits per heavy atom. The fourth-order valence-corrected chi connectivity index (χ4v) is 4.46. The lowest BCUT2D eigenvalue weighted by Crippen LogP contribution is -2.52. The van der Waals surface area contributed by atoms with Crippen LogP contribution in [0.25, 0.3) is 0 Å². The predicted molar refractivity (Wildman–Crippen MR) is 97.1 cm³/mol. The summed E-state index contributed by atoms with van der Waals surface area (Å²) in [7, 11) is -2.25. The molecule has 140 valence electrons. The first-order valence-electron chi connectivity index (χ1n) is 8.72. The van der Waals surface area contributed by atoms with Crippen molar-refractivity contribution in [3.63, 3.8) is 0 Å². The van der Waals surface area contributed by atoms with Gasteiger partial charge in [-0.15, -0.1) is 0 Å². The summed E-state index contributed by atoms with van der Waals surface area (Å²) in [5, 5.41) is 0. The third kappa shape index (κ3) is 4.73. The minimum atomic E-state index is -3.79. The fraction of sp³-hybridized carbons (Fsp3) is 0.611. The van der Waals surface area contributed by atoms with Crippen LogP contribution in [0.5, 0.6) is 5.75 Å². The van der Waals surface area contributed by atoms with Gasteiger partial charge in [-0.2, -0.15) is 4.72 Å². The second-order valence-corrected chi connectivity index (χ2v) is 8.57. The van der Waals surface area contributed by atoms with Gasteiger partial charge in [0.15, 0.2) is 0 Å². The molecule has 0 aromatic heterocycles. The third-order valence-corrected chi connectivity index (χ3v) is 6.00. The largest absolute Gasteiger partial charge is 0.496 e. The Morgan fingerprint density at radius 3 is 2.36 bits per heavy atom. The Bertz CT molecular complexity index is 710. The molecule has 0 saturated carbocycles. The normalized spacial score (nSPS) is 16.8. The van der Waals surface area contributed by atoms with E-state index in [1.165, 1.54) is 6.07 Å². The van der Waals surface area contributed by atoms with Crippen molar-refractivity contribution in [2.75, 3.05) is 20.2 Å². The lowest BCUT2D eigenvalue weighted by molar-refractivity contribution is -0.134. The number of amides is 1. The molecule has 0 aliphatic carbocycles. The van der Waals surface area contributed by atoms with E-state index in [-0.39, 0.29) is 16.7 Å². The number of hydrogen-bond donors (Lipinski definition) is 1. The lowest BCUT2D eigenvalue weighted by atomic mass is 10.0. The van der Waals surface area contributed by atoms with Gasteiger partial charge in [-0.1, -0.05) is 13.8 Å². The standard InChI is InChI=1S/C18H28N2O4S/c1-13(2)17(18(21)20-10-6-5-7-11-20)19-25(22,23)15-8-9-16(24-4)14(3)12-15/h8-9,12-13,17,19H,5-7,10-11H2,1-4H3/t17-/m0/s1. The zero-order chi connectivity index (χ0) is 18.6. The number of nitrogens with one attached hydrogen (secondary N) is 1. The highest BCUT2D eigenvalue weighted by atomic mass is 32.2. The summed E-state index contributed by atoms with van der Waals surface area (Å²) in [6, 6.07) is 3.92. The quantitative estimate of drug-likeness (QED) is 0.836. The summed E-state index contributed by atoms with van der Waals surface area (Å²) in [4.78, 5) is 14.7. The topological polar surface area (TPSA) is 75.7 Å². The smallest absolute Gasteiger partial charge is 0.241 e. The van der Waals surface area contributed by atoms with E-state index >= 15 is 0 Å². The molecule has 1 aliphatic heterocycles. The maximum Gasteiger partial charge on any atom is 0.241 e. The van der Waals surface area contributed by atoms with E-state index in [0.29, 0.717) is 18.8 Å². The predicted octanol–water partition coefficient (Wildman–Crippen LogP) is 2.32. The molecule has 25 heavy (non-hydrogen) atoms. The van der Waals surface area contributed by atoms with Crippen LogP contribution in [0.3, 0.4) is 0 Å². The summed E-state index contributed by atoms with van der Waals surface area (Å²) in [5.74, 6) is 0.357.